The highest BCUT2D eigenvalue weighted by molar-refractivity contribution is 9.11. The third kappa shape index (κ3) is 3.32. The van der Waals surface area contributed by atoms with E-state index < -0.39 is 0 Å². The number of benzene rings is 1. The molecule has 2 rings (SSSR count). The van der Waals surface area contributed by atoms with Gasteiger partial charge in [0.1, 0.15) is 6.07 Å². The number of nitrogens with zero attached hydrogens (tertiary/aromatic N) is 1. The van der Waals surface area contributed by atoms with Gasteiger partial charge in [0.05, 0.1) is 9.35 Å². The number of hydrogen-bond acceptors (Lipinski definition) is 3. The van der Waals surface area contributed by atoms with Crippen molar-refractivity contribution >= 4 is 48.9 Å². The third-order valence-electron chi connectivity index (χ3n) is 2.19. The minimum Gasteiger partial charge on any atom is -0.380 e. The Morgan fingerprint density at radius 3 is 2.65 bits per heavy atom. The maximum absolute atomic E-state index is 8.82. The Morgan fingerprint density at radius 2 is 2.06 bits per heavy atom. The quantitative estimate of drug-likeness (QED) is 0.844. The second-order valence-corrected chi connectivity index (χ2v) is 6.77. The van der Waals surface area contributed by atoms with Gasteiger partial charge < -0.3 is 5.32 Å². The summed E-state index contributed by atoms with van der Waals surface area (Å²) in [6, 6.07) is 11.9. The lowest BCUT2D eigenvalue weighted by atomic mass is 10.2. The lowest BCUT2D eigenvalue weighted by Gasteiger charge is -2.05. The first-order valence-corrected chi connectivity index (χ1v) is 7.27. The van der Waals surface area contributed by atoms with Crippen molar-refractivity contribution in [3.8, 4) is 6.07 Å². The summed E-state index contributed by atoms with van der Waals surface area (Å²) in [5, 5.41) is 12.1. The molecule has 1 heterocycles. The molecule has 0 aliphatic carbocycles. The molecule has 86 valence electrons. The van der Waals surface area contributed by atoms with Crippen molar-refractivity contribution in [2.75, 3.05) is 5.32 Å². The molecule has 0 saturated heterocycles. The summed E-state index contributed by atoms with van der Waals surface area (Å²) in [6.45, 7) is 0.786. The SMILES string of the molecule is N#Cc1ccc(NCc2ccc(Br)s2)cc1Br. The van der Waals surface area contributed by atoms with E-state index in [-0.39, 0.29) is 0 Å². The van der Waals surface area contributed by atoms with Crippen LogP contribution in [0.5, 0.6) is 0 Å². The molecule has 5 heteroatoms. The zero-order valence-electron chi connectivity index (χ0n) is 8.71. The van der Waals surface area contributed by atoms with Gasteiger partial charge in [-0.05, 0) is 62.2 Å². The molecule has 2 nitrogen and oxygen atoms in total. The molecule has 1 aromatic carbocycles. The van der Waals surface area contributed by atoms with Crippen LogP contribution in [0, 0.1) is 11.3 Å². The molecular formula is C12H8Br2N2S. The number of hydrogen-bond donors (Lipinski definition) is 1. The van der Waals surface area contributed by atoms with E-state index in [1.807, 2.05) is 18.2 Å². The summed E-state index contributed by atoms with van der Waals surface area (Å²) in [5.74, 6) is 0. The van der Waals surface area contributed by atoms with Crippen molar-refractivity contribution in [1.82, 2.24) is 0 Å². The summed E-state index contributed by atoms with van der Waals surface area (Å²) < 4.78 is 1.95. The molecular weight excluding hydrogens is 364 g/mol. The summed E-state index contributed by atoms with van der Waals surface area (Å²) in [6.07, 6.45) is 0. The molecule has 0 unspecified atom stereocenters. The summed E-state index contributed by atoms with van der Waals surface area (Å²) in [5.41, 5.74) is 1.65. The second-order valence-electron chi connectivity index (χ2n) is 3.37. The Morgan fingerprint density at radius 1 is 1.24 bits per heavy atom. The maximum Gasteiger partial charge on any atom is 0.100 e. The highest BCUT2D eigenvalue weighted by Gasteiger charge is 2.01. The van der Waals surface area contributed by atoms with Crippen LogP contribution in [0.1, 0.15) is 10.4 Å². The Labute approximate surface area is 121 Å². The lowest BCUT2D eigenvalue weighted by Crippen LogP contribution is -1.97. The molecule has 0 radical (unpaired) electrons. The molecule has 1 aromatic heterocycles. The van der Waals surface area contributed by atoms with Crippen molar-refractivity contribution in [3.63, 3.8) is 0 Å². The summed E-state index contributed by atoms with van der Waals surface area (Å²) >= 11 is 8.52. The van der Waals surface area contributed by atoms with Crippen LogP contribution in [0.3, 0.4) is 0 Å². The minimum atomic E-state index is 0.648. The van der Waals surface area contributed by atoms with Crippen molar-refractivity contribution in [1.29, 1.82) is 5.26 Å². The first-order valence-electron chi connectivity index (χ1n) is 4.87. The molecule has 0 aliphatic rings. The van der Waals surface area contributed by atoms with E-state index in [0.29, 0.717) is 5.56 Å². The number of nitrogens with one attached hydrogen (secondary N) is 1. The van der Waals surface area contributed by atoms with Crippen molar-refractivity contribution in [2.24, 2.45) is 0 Å². The van der Waals surface area contributed by atoms with E-state index in [1.54, 1.807) is 17.4 Å². The number of halogens is 2. The van der Waals surface area contributed by atoms with E-state index in [0.717, 1.165) is 20.5 Å². The van der Waals surface area contributed by atoms with Crippen LogP contribution in [-0.2, 0) is 6.54 Å². The average Bonchev–Trinajstić information content (AvgIpc) is 2.73. The van der Waals surface area contributed by atoms with E-state index in [1.165, 1.54) is 4.88 Å². The maximum atomic E-state index is 8.82. The summed E-state index contributed by atoms with van der Waals surface area (Å²) in [4.78, 5) is 1.26. The monoisotopic (exact) mass is 370 g/mol. The molecule has 0 bridgehead atoms. The zero-order valence-corrected chi connectivity index (χ0v) is 12.7. The van der Waals surface area contributed by atoms with Gasteiger partial charge in [-0.3, -0.25) is 0 Å². The lowest BCUT2D eigenvalue weighted by molar-refractivity contribution is 1.19. The van der Waals surface area contributed by atoms with E-state index in [4.69, 9.17) is 5.26 Å². The second kappa shape index (κ2) is 5.67. The van der Waals surface area contributed by atoms with Gasteiger partial charge in [0.15, 0.2) is 0 Å². The first kappa shape index (κ1) is 12.6. The van der Waals surface area contributed by atoms with Gasteiger partial charge in [-0.1, -0.05) is 0 Å². The predicted octanol–water partition coefficient (Wildman–Crippen LogP) is 4.76. The van der Waals surface area contributed by atoms with E-state index in [9.17, 15) is 0 Å². The number of nitriles is 1. The molecule has 1 N–H and O–H groups in total. The fourth-order valence-electron chi connectivity index (χ4n) is 1.35. The fourth-order valence-corrected chi connectivity index (χ4v) is 3.24. The average molecular weight is 372 g/mol. The van der Waals surface area contributed by atoms with Crippen LogP contribution >= 0.6 is 43.2 Å². The Kier molecular flexibility index (Phi) is 4.21. The fraction of sp³-hybridized carbons (Fsp3) is 0.0833. The molecule has 17 heavy (non-hydrogen) atoms. The number of thiophene rings is 1. The number of rotatable bonds is 3. The smallest absolute Gasteiger partial charge is 0.100 e. The molecule has 0 aliphatic heterocycles. The molecule has 2 aromatic rings. The van der Waals surface area contributed by atoms with E-state index in [2.05, 4.69) is 49.3 Å². The largest absolute Gasteiger partial charge is 0.380 e. The van der Waals surface area contributed by atoms with Crippen LogP contribution in [0.4, 0.5) is 5.69 Å². The first-order chi connectivity index (χ1) is 8.19. The molecule has 0 fully saturated rings. The topological polar surface area (TPSA) is 35.8 Å². The minimum absolute atomic E-state index is 0.648. The van der Waals surface area contributed by atoms with Gasteiger partial charge in [-0.25, -0.2) is 0 Å². The van der Waals surface area contributed by atoms with Crippen LogP contribution in [0.15, 0.2) is 38.6 Å². The van der Waals surface area contributed by atoms with E-state index >= 15 is 0 Å². The highest BCUT2D eigenvalue weighted by Crippen LogP contribution is 2.24. The van der Waals surface area contributed by atoms with Crippen LogP contribution < -0.4 is 5.32 Å². The predicted molar refractivity (Wildman–Crippen MR) is 78.2 cm³/mol. The van der Waals surface area contributed by atoms with Crippen LogP contribution in [-0.4, -0.2) is 0 Å². The van der Waals surface area contributed by atoms with Crippen molar-refractivity contribution < 1.29 is 0 Å². The molecule has 0 saturated carbocycles. The Hall–Kier alpha value is -0.830. The third-order valence-corrected chi connectivity index (χ3v) is 4.46. The summed E-state index contributed by atoms with van der Waals surface area (Å²) in [7, 11) is 0. The van der Waals surface area contributed by atoms with Gasteiger partial charge in [0.2, 0.25) is 0 Å². The van der Waals surface area contributed by atoms with Crippen LogP contribution in [0.25, 0.3) is 0 Å². The molecule has 0 spiro atoms. The standard InChI is InChI=1S/C12H8Br2N2S/c13-11-5-9(2-1-8(11)6-15)16-7-10-3-4-12(14)17-10/h1-5,16H,7H2. The van der Waals surface area contributed by atoms with Gasteiger partial charge in [0.25, 0.3) is 0 Å². The van der Waals surface area contributed by atoms with Gasteiger partial charge >= 0.3 is 0 Å². The molecule has 0 amide bonds. The highest BCUT2D eigenvalue weighted by atomic mass is 79.9. The van der Waals surface area contributed by atoms with Gasteiger partial charge in [-0.15, -0.1) is 11.3 Å². The Bertz CT molecular complexity index is 572. The number of anilines is 1. The molecule has 0 atom stereocenters. The zero-order chi connectivity index (χ0) is 12.3. The van der Waals surface area contributed by atoms with Crippen molar-refractivity contribution in [3.05, 3.63) is 49.0 Å². The Balaban J connectivity index is 2.05. The van der Waals surface area contributed by atoms with Gasteiger partial charge in [0, 0.05) is 21.6 Å². The normalized spacial score (nSPS) is 9.94. The van der Waals surface area contributed by atoms with Gasteiger partial charge in [-0.2, -0.15) is 5.26 Å². The van der Waals surface area contributed by atoms with Crippen LogP contribution in [0.2, 0.25) is 0 Å². The van der Waals surface area contributed by atoms with Crippen molar-refractivity contribution in [2.45, 2.75) is 6.54 Å².